The van der Waals surface area contributed by atoms with E-state index in [-0.39, 0.29) is 11.3 Å². The van der Waals surface area contributed by atoms with E-state index < -0.39 is 23.5 Å². The van der Waals surface area contributed by atoms with Crippen LogP contribution in [0.4, 0.5) is 4.39 Å². The SMILES string of the molecule is O=C1C(=O)N(CCCn2ccnc2)[C@H](c2ccc(F)cc2)C1=C(O)c1ccccc1. The second kappa shape index (κ2) is 8.32. The number of benzene rings is 2. The summed E-state index contributed by atoms with van der Waals surface area (Å²) in [5.41, 5.74) is 1.03. The van der Waals surface area contributed by atoms with E-state index in [1.54, 1.807) is 42.9 Å². The average molecular weight is 405 g/mol. The summed E-state index contributed by atoms with van der Waals surface area (Å²) in [7, 11) is 0. The van der Waals surface area contributed by atoms with Gasteiger partial charge < -0.3 is 14.6 Å². The Kier molecular flexibility index (Phi) is 5.43. The fraction of sp³-hybridized carbons (Fsp3) is 0.174. The minimum absolute atomic E-state index is 0.0143. The summed E-state index contributed by atoms with van der Waals surface area (Å²) in [6.45, 7) is 0.925. The monoisotopic (exact) mass is 405 g/mol. The second-order valence-corrected chi connectivity index (χ2v) is 7.06. The van der Waals surface area contributed by atoms with Crippen molar-refractivity contribution in [2.45, 2.75) is 19.0 Å². The molecule has 30 heavy (non-hydrogen) atoms. The van der Waals surface area contributed by atoms with Gasteiger partial charge in [0.25, 0.3) is 11.7 Å². The lowest BCUT2D eigenvalue weighted by Gasteiger charge is -2.25. The zero-order valence-electron chi connectivity index (χ0n) is 16.1. The minimum atomic E-state index is -0.784. The first-order valence-corrected chi connectivity index (χ1v) is 9.61. The molecular weight excluding hydrogens is 385 g/mol. The van der Waals surface area contributed by atoms with Crippen molar-refractivity contribution in [1.82, 2.24) is 14.5 Å². The largest absolute Gasteiger partial charge is 0.507 e. The maximum Gasteiger partial charge on any atom is 0.295 e. The van der Waals surface area contributed by atoms with Crippen LogP contribution in [0.3, 0.4) is 0 Å². The first-order valence-electron chi connectivity index (χ1n) is 9.61. The highest BCUT2D eigenvalue weighted by Crippen LogP contribution is 2.39. The van der Waals surface area contributed by atoms with E-state index in [9.17, 15) is 19.1 Å². The number of aryl methyl sites for hydroxylation is 1. The van der Waals surface area contributed by atoms with Crippen LogP contribution in [0.25, 0.3) is 5.76 Å². The van der Waals surface area contributed by atoms with Crippen molar-refractivity contribution in [2.75, 3.05) is 6.54 Å². The van der Waals surface area contributed by atoms with E-state index in [0.29, 0.717) is 30.6 Å². The fourth-order valence-electron chi connectivity index (χ4n) is 3.70. The number of carbonyl (C=O) groups excluding carboxylic acids is 2. The van der Waals surface area contributed by atoms with Crippen LogP contribution in [0.5, 0.6) is 0 Å². The topological polar surface area (TPSA) is 75.4 Å². The fourth-order valence-corrected chi connectivity index (χ4v) is 3.70. The smallest absolute Gasteiger partial charge is 0.295 e. The number of imidazole rings is 1. The van der Waals surface area contributed by atoms with Crippen molar-refractivity contribution in [3.63, 3.8) is 0 Å². The van der Waals surface area contributed by atoms with E-state index in [0.717, 1.165) is 0 Å². The highest BCUT2D eigenvalue weighted by molar-refractivity contribution is 6.46. The molecular formula is C23H20FN3O3. The Bertz CT molecular complexity index is 1080. The van der Waals surface area contributed by atoms with Gasteiger partial charge in [0.1, 0.15) is 11.6 Å². The first kappa shape index (κ1) is 19.6. The number of hydrogen-bond acceptors (Lipinski definition) is 4. The van der Waals surface area contributed by atoms with E-state index in [1.165, 1.54) is 29.2 Å². The van der Waals surface area contributed by atoms with Gasteiger partial charge in [-0.25, -0.2) is 9.37 Å². The molecule has 1 aliphatic heterocycles. The highest BCUT2D eigenvalue weighted by Gasteiger charge is 2.45. The maximum atomic E-state index is 13.5. The lowest BCUT2D eigenvalue weighted by Crippen LogP contribution is -2.31. The zero-order valence-corrected chi connectivity index (χ0v) is 16.1. The normalized spacial score (nSPS) is 18.2. The quantitative estimate of drug-likeness (QED) is 0.387. The highest BCUT2D eigenvalue weighted by atomic mass is 19.1. The van der Waals surface area contributed by atoms with Gasteiger partial charge in [0, 0.05) is 31.0 Å². The molecule has 0 aliphatic carbocycles. The van der Waals surface area contributed by atoms with Crippen LogP contribution in [0.1, 0.15) is 23.6 Å². The van der Waals surface area contributed by atoms with E-state index in [4.69, 9.17) is 0 Å². The molecule has 1 N–H and O–H groups in total. The molecule has 0 unspecified atom stereocenters. The summed E-state index contributed by atoms with van der Waals surface area (Å²) in [6, 6.07) is 13.5. The molecule has 0 radical (unpaired) electrons. The van der Waals surface area contributed by atoms with Crippen LogP contribution in [0.2, 0.25) is 0 Å². The van der Waals surface area contributed by atoms with Crippen LogP contribution in [0.15, 0.2) is 78.9 Å². The predicted octanol–water partition coefficient (Wildman–Crippen LogP) is 3.53. The van der Waals surface area contributed by atoms with Crippen LogP contribution in [-0.4, -0.2) is 37.8 Å². The van der Waals surface area contributed by atoms with E-state index in [1.807, 2.05) is 10.8 Å². The van der Waals surface area contributed by atoms with Gasteiger partial charge in [0.05, 0.1) is 17.9 Å². The predicted molar refractivity (Wildman–Crippen MR) is 109 cm³/mol. The van der Waals surface area contributed by atoms with Gasteiger partial charge in [0.2, 0.25) is 0 Å². The second-order valence-electron chi connectivity index (χ2n) is 7.06. The summed E-state index contributed by atoms with van der Waals surface area (Å²) < 4.78 is 15.4. The Morgan fingerprint density at radius 1 is 1.03 bits per heavy atom. The number of rotatable bonds is 6. The number of Topliss-reactive ketones (excluding diaryl/α,β-unsaturated/α-hetero) is 1. The third kappa shape index (κ3) is 3.74. The number of likely N-dealkylation sites (tertiary alicyclic amines) is 1. The van der Waals surface area contributed by atoms with Crippen LogP contribution in [-0.2, 0) is 16.1 Å². The maximum absolute atomic E-state index is 13.5. The molecule has 1 aliphatic rings. The van der Waals surface area contributed by atoms with Gasteiger partial charge in [-0.1, -0.05) is 42.5 Å². The van der Waals surface area contributed by atoms with Crippen molar-refractivity contribution in [1.29, 1.82) is 0 Å². The number of amides is 1. The van der Waals surface area contributed by atoms with Crippen LogP contribution in [0, 0.1) is 5.82 Å². The van der Waals surface area contributed by atoms with Gasteiger partial charge in [-0.05, 0) is 24.1 Å². The molecule has 152 valence electrons. The molecule has 1 atom stereocenters. The van der Waals surface area contributed by atoms with Crippen molar-refractivity contribution >= 4 is 17.4 Å². The molecule has 4 rings (SSSR count). The Morgan fingerprint density at radius 2 is 1.77 bits per heavy atom. The molecule has 2 aromatic carbocycles. The molecule has 1 fully saturated rings. The van der Waals surface area contributed by atoms with Crippen LogP contribution < -0.4 is 0 Å². The molecule has 0 bridgehead atoms. The van der Waals surface area contributed by atoms with E-state index >= 15 is 0 Å². The number of ketones is 1. The number of aliphatic hydroxyl groups is 1. The summed E-state index contributed by atoms with van der Waals surface area (Å²) in [5, 5.41) is 10.9. The van der Waals surface area contributed by atoms with E-state index in [2.05, 4.69) is 4.98 Å². The molecule has 6 nitrogen and oxygen atoms in total. The van der Waals surface area contributed by atoms with Crippen molar-refractivity contribution < 1.29 is 19.1 Å². The Hall–Kier alpha value is -3.74. The molecule has 0 saturated carbocycles. The Balaban J connectivity index is 1.72. The molecule has 1 aromatic heterocycles. The number of aliphatic hydroxyl groups excluding tert-OH is 1. The molecule has 2 heterocycles. The Morgan fingerprint density at radius 3 is 2.43 bits per heavy atom. The lowest BCUT2D eigenvalue weighted by molar-refractivity contribution is -0.139. The van der Waals surface area contributed by atoms with Gasteiger partial charge in [0.15, 0.2) is 0 Å². The molecule has 0 spiro atoms. The number of nitrogens with zero attached hydrogens (tertiary/aromatic N) is 3. The van der Waals surface area contributed by atoms with Crippen molar-refractivity contribution in [3.8, 4) is 0 Å². The first-order chi connectivity index (χ1) is 14.6. The number of aromatic nitrogens is 2. The number of carbonyl (C=O) groups is 2. The summed E-state index contributed by atoms with van der Waals surface area (Å²) in [5.74, 6) is -2.07. The molecule has 7 heteroatoms. The summed E-state index contributed by atoms with van der Waals surface area (Å²) >= 11 is 0. The molecule has 1 amide bonds. The number of hydrogen-bond donors (Lipinski definition) is 1. The lowest BCUT2D eigenvalue weighted by atomic mass is 9.95. The van der Waals surface area contributed by atoms with Crippen molar-refractivity contribution in [2.24, 2.45) is 0 Å². The van der Waals surface area contributed by atoms with Gasteiger partial charge in [-0.3, -0.25) is 9.59 Å². The standard InChI is InChI=1S/C23H20FN3O3/c24-18-9-7-16(8-10-18)20-19(21(28)17-5-2-1-3-6-17)22(29)23(30)27(20)13-4-12-26-14-11-25-15-26/h1-3,5-11,14-15,20,28H,4,12-13H2/t20-/m1/s1. The third-order valence-corrected chi connectivity index (χ3v) is 5.15. The van der Waals surface area contributed by atoms with Crippen molar-refractivity contribution in [3.05, 3.63) is 95.8 Å². The molecule has 3 aromatic rings. The molecule has 1 saturated heterocycles. The Labute approximate surface area is 172 Å². The third-order valence-electron chi connectivity index (χ3n) is 5.15. The number of halogens is 1. The minimum Gasteiger partial charge on any atom is -0.507 e. The van der Waals surface area contributed by atoms with Gasteiger partial charge >= 0.3 is 0 Å². The van der Waals surface area contributed by atoms with Gasteiger partial charge in [-0.15, -0.1) is 0 Å². The zero-order chi connectivity index (χ0) is 21.1. The summed E-state index contributed by atoms with van der Waals surface area (Å²) in [4.78, 5) is 31.1. The summed E-state index contributed by atoms with van der Waals surface area (Å²) in [6.07, 6.45) is 5.76. The average Bonchev–Trinajstić information content (AvgIpc) is 3.37. The van der Waals surface area contributed by atoms with Gasteiger partial charge in [-0.2, -0.15) is 0 Å². The van der Waals surface area contributed by atoms with Crippen LogP contribution >= 0.6 is 0 Å².